The molecular formula is C73H136O13. The quantitative estimate of drug-likeness (QED) is 0.0263. The summed E-state index contributed by atoms with van der Waals surface area (Å²) in [6, 6.07) is 0. The van der Waals surface area contributed by atoms with Crippen LogP contribution in [0.2, 0.25) is 0 Å². The summed E-state index contributed by atoms with van der Waals surface area (Å²) in [6.07, 6.45) is 42.2. The SMILES string of the molecule is C/C=C(\C)CC.C/C=C\C.CCC(C)C(C)=O.CCCCCCCCOC(=O)CC(CC(=O)O)CC(=O)OCCCCCCCC.CCCCCCCCOC(=O)CC(CC(=O)OCCCCCCCC)CC(=O)OC(/C=C\CCC(C)CC)CC. The molecule has 0 aromatic carbocycles. The molecule has 0 fully saturated rings. The lowest BCUT2D eigenvalue weighted by atomic mass is 9.97. The average molecular weight is 1220 g/mol. The third-order valence-electron chi connectivity index (χ3n) is 15.0. The second-order valence-electron chi connectivity index (χ2n) is 23.3. The van der Waals surface area contributed by atoms with E-state index in [4.69, 9.17) is 28.8 Å². The van der Waals surface area contributed by atoms with E-state index in [1.54, 1.807) is 6.92 Å². The van der Waals surface area contributed by atoms with Crippen LogP contribution in [0, 0.1) is 23.7 Å². The first-order valence-electron chi connectivity index (χ1n) is 34.7. The number of carbonyl (C=O) groups is 7. The van der Waals surface area contributed by atoms with Crippen molar-refractivity contribution in [2.45, 2.75) is 341 Å². The topological polar surface area (TPSA) is 186 Å². The largest absolute Gasteiger partial charge is 0.481 e. The van der Waals surface area contributed by atoms with Gasteiger partial charge in [0.25, 0.3) is 0 Å². The number of hydrogen-bond donors (Lipinski definition) is 1. The summed E-state index contributed by atoms with van der Waals surface area (Å²) in [5, 5.41) is 9.04. The molecule has 0 aromatic rings. The molecule has 13 heteroatoms. The number of Topliss-reactive ketones (excluding diaryl/α,β-unsaturated/α-hetero) is 1. The number of unbranched alkanes of at least 4 members (excludes halogenated alkanes) is 20. The highest BCUT2D eigenvalue weighted by Crippen LogP contribution is 2.20. The molecule has 86 heavy (non-hydrogen) atoms. The van der Waals surface area contributed by atoms with Gasteiger partial charge in [0, 0.05) is 44.4 Å². The Labute approximate surface area is 528 Å². The Kier molecular flexibility index (Phi) is 75.2. The normalized spacial score (nSPS) is 12.1. The Balaban J connectivity index is -0.000000409. The Morgan fingerprint density at radius 2 is 0.744 bits per heavy atom. The van der Waals surface area contributed by atoms with Gasteiger partial charge in [-0.15, -0.1) is 0 Å². The van der Waals surface area contributed by atoms with Crippen molar-refractivity contribution in [3.8, 4) is 0 Å². The lowest BCUT2D eigenvalue weighted by Gasteiger charge is -2.18. The van der Waals surface area contributed by atoms with Crippen LogP contribution in [0.3, 0.4) is 0 Å². The summed E-state index contributed by atoms with van der Waals surface area (Å²) in [4.78, 5) is 83.2. The highest BCUT2D eigenvalue weighted by molar-refractivity contribution is 5.78. The Morgan fingerprint density at radius 3 is 0.988 bits per heavy atom. The minimum absolute atomic E-state index is 0.00452. The maximum absolute atomic E-state index is 12.8. The predicted octanol–water partition coefficient (Wildman–Crippen LogP) is 20.5. The fraction of sp³-hybridized carbons (Fsp3) is 0.822. The molecule has 0 aliphatic heterocycles. The minimum Gasteiger partial charge on any atom is -0.481 e. The van der Waals surface area contributed by atoms with Crippen molar-refractivity contribution in [2.75, 3.05) is 26.4 Å². The van der Waals surface area contributed by atoms with Gasteiger partial charge in [0.1, 0.15) is 11.9 Å². The number of carboxylic acids is 1. The van der Waals surface area contributed by atoms with Crippen LogP contribution in [0.15, 0.2) is 36.0 Å². The van der Waals surface area contributed by atoms with Crippen LogP contribution in [0.25, 0.3) is 0 Å². The number of allylic oxidation sites excluding steroid dienone is 5. The zero-order valence-corrected chi connectivity index (χ0v) is 58.4. The van der Waals surface area contributed by atoms with E-state index in [-0.39, 0.29) is 62.5 Å². The number of hydrogen-bond acceptors (Lipinski definition) is 12. The van der Waals surface area contributed by atoms with Crippen LogP contribution in [0.1, 0.15) is 335 Å². The summed E-state index contributed by atoms with van der Waals surface area (Å²) in [5.41, 5.74) is 1.47. The lowest BCUT2D eigenvalue weighted by molar-refractivity contribution is -0.153. The van der Waals surface area contributed by atoms with Crippen molar-refractivity contribution in [2.24, 2.45) is 23.7 Å². The molecule has 0 rings (SSSR count). The standard InChI is InChI=1S/C34H62O6.C23H42O6.C6H12O.C6H12.C4H8/c1-6-10-12-14-16-20-24-38-32(35)26-30(27-33(36)39-25-21-17-15-13-11-7-2)28-34(37)40-31(9-4)23-19-18-22-29(5)8-3;1-3-5-7-9-11-13-15-28-22(26)18-20(17-21(24)25)19-23(27)29-16-14-12-10-8-6-4-2;1-4-5(2)6(3)7;1-4-6(3)5-2;1-3-4-2/h19,23,29-31H,6-18,20-22,24-28H2,1-5H3;20H,3-19H2,1-2H3,(H,24,25);5H,4H2,1-3H3;4H,5H2,1-3H3;3-4H,1-2H3/b23-19-;;;6-4+;4-3-. The van der Waals surface area contributed by atoms with Crippen LogP contribution in [-0.4, -0.2) is 79.2 Å². The zero-order valence-electron chi connectivity index (χ0n) is 58.4. The number of esters is 5. The summed E-state index contributed by atoms with van der Waals surface area (Å²) in [5.74, 6) is -2.87. The van der Waals surface area contributed by atoms with Gasteiger partial charge in [-0.1, -0.05) is 234 Å². The van der Waals surface area contributed by atoms with Crippen LogP contribution >= 0.6 is 0 Å². The van der Waals surface area contributed by atoms with E-state index in [9.17, 15) is 33.6 Å². The fourth-order valence-electron chi connectivity index (χ4n) is 8.17. The van der Waals surface area contributed by atoms with E-state index in [1.165, 1.54) is 89.0 Å². The number of ketones is 1. The highest BCUT2D eigenvalue weighted by Gasteiger charge is 2.25. The summed E-state index contributed by atoms with van der Waals surface area (Å²) in [6.45, 7) is 32.6. The second-order valence-corrected chi connectivity index (χ2v) is 23.3. The van der Waals surface area contributed by atoms with E-state index in [1.807, 2.05) is 52.8 Å². The summed E-state index contributed by atoms with van der Waals surface area (Å²) < 4.78 is 27.0. The molecule has 0 heterocycles. The Bertz CT molecular complexity index is 1600. The molecule has 0 aliphatic carbocycles. The van der Waals surface area contributed by atoms with Gasteiger partial charge in [0.15, 0.2) is 0 Å². The first kappa shape index (κ1) is 90.5. The Hall–Kier alpha value is -4.29. The number of aliphatic carboxylic acids is 1. The number of ether oxygens (including phenoxy) is 5. The van der Waals surface area contributed by atoms with Gasteiger partial charge in [0.2, 0.25) is 0 Å². The second kappa shape index (κ2) is 71.5. The third kappa shape index (κ3) is 74.0. The monoisotopic (exact) mass is 1220 g/mol. The van der Waals surface area contributed by atoms with Gasteiger partial charge in [-0.05, 0) is 116 Å². The van der Waals surface area contributed by atoms with Crippen LogP contribution in [0.5, 0.6) is 0 Å². The molecule has 3 atom stereocenters. The van der Waals surface area contributed by atoms with Gasteiger partial charge in [0.05, 0.1) is 26.4 Å². The molecule has 0 bridgehead atoms. The number of carbonyl (C=O) groups excluding carboxylic acids is 6. The molecule has 506 valence electrons. The van der Waals surface area contributed by atoms with Gasteiger partial charge < -0.3 is 28.8 Å². The van der Waals surface area contributed by atoms with Crippen molar-refractivity contribution < 1.29 is 62.4 Å². The molecule has 0 spiro atoms. The van der Waals surface area contributed by atoms with Crippen molar-refractivity contribution in [3.63, 3.8) is 0 Å². The number of carboxylic acid groups (broad SMARTS) is 1. The highest BCUT2D eigenvalue weighted by atomic mass is 16.6. The van der Waals surface area contributed by atoms with Crippen LogP contribution in [-0.2, 0) is 57.2 Å². The van der Waals surface area contributed by atoms with E-state index in [0.29, 0.717) is 44.5 Å². The molecule has 0 saturated carbocycles. The summed E-state index contributed by atoms with van der Waals surface area (Å²) >= 11 is 0. The summed E-state index contributed by atoms with van der Waals surface area (Å²) in [7, 11) is 0. The van der Waals surface area contributed by atoms with Gasteiger partial charge in [-0.3, -0.25) is 33.6 Å². The third-order valence-corrected chi connectivity index (χ3v) is 15.0. The molecular weight excluding hydrogens is 1080 g/mol. The number of rotatable bonds is 50. The predicted molar refractivity (Wildman–Crippen MR) is 358 cm³/mol. The molecule has 3 unspecified atom stereocenters. The molecule has 13 nitrogen and oxygen atoms in total. The molecule has 0 amide bonds. The molecule has 0 saturated heterocycles. The van der Waals surface area contributed by atoms with E-state index in [2.05, 4.69) is 74.5 Å². The zero-order chi connectivity index (χ0) is 65.9. The van der Waals surface area contributed by atoms with Crippen LogP contribution < -0.4 is 0 Å². The van der Waals surface area contributed by atoms with E-state index in [0.717, 1.165) is 103 Å². The molecule has 0 aliphatic rings. The van der Waals surface area contributed by atoms with Gasteiger partial charge >= 0.3 is 35.8 Å². The molecule has 0 aromatic heterocycles. The first-order chi connectivity index (χ1) is 41.2. The fourth-order valence-corrected chi connectivity index (χ4v) is 8.17. The lowest BCUT2D eigenvalue weighted by Crippen LogP contribution is -2.23. The maximum atomic E-state index is 12.8. The van der Waals surface area contributed by atoms with Crippen molar-refractivity contribution in [1.82, 2.24) is 0 Å². The molecule has 0 radical (unpaired) electrons. The van der Waals surface area contributed by atoms with Crippen molar-refractivity contribution in [3.05, 3.63) is 36.0 Å². The minimum atomic E-state index is -1.03. The van der Waals surface area contributed by atoms with Gasteiger partial charge in [-0.2, -0.15) is 0 Å². The smallest absolute Gasteiger partial charge is 0.306 e. The van der Waals surface area contributed by atoms with E-state index >= 15 is 0 Å². The maximum Gasteiger partial charge on any atom is 0.306 e. The Morgan fingerprint density at radius 1 is 0.419 bits per heavy atom. The van der Waals surface area contributed by atoms with Crippen molar-refractivity contribution in [1.29, 1.82) is 0 Å². The van der Waals surface area contributed by atoms with Crippen molar-refractivity contribution >= 4 is 41.6 Å². The van der Waals surface area contributed by atoms with Crippen LogP contribution in [0.4, 0.5) is 0 Å². The van der Waals surface area contributed by atoms with Gasteiger partial charge in [-0.25, -0.2) is 0 Å². The first-order valence-corrected chi connectivity index (χ1v) is 34.7. The van der Waals surface area contributed by atoms with E-state index < -0.39 is 35.7 Å². The average Bonchev–Trinajstić information content (AvgIpc) is 3.59. The molecule has 1 N–H and O–H groups in total.